The Hall–Kier alpha value is -1.89. The quantitative estimate of drug-likeness (QED) is 0.753. The van der Waals surface area contributed by atoms with Crippen LogP contribution in [0.25, 0.3) is 0 Å². The van der Waals surface area contributed by atoms with E-state index in [1.165, 1.54) is 6.07 Å². The molecule has 0 saturated heterocycles. The van der Waals surface area contributed by atoms with Gasteiger partial charge in [0.2, 0.25) is 0 Å². The number of anilines is 1. The zero-order chi connectivity index (χ0) is 15.1. The standard InChI is InChI=1S/C13H18F2N2O3/c1-8-4-3-5-10(20-12(14)15)11(8)17-13(19)16-9(2)6-7-18/h3-5,9,12,18H,6-7H2,1-2H3,(H2,16,17,19)/t9-/m1/s1. The van der Waals surface area contributed by atoms with Crippen LogP contribution in [0.3, 0.4) is 0 Å². The van der Waals surface area contributed by atoms with Gasteiger partial charge in [0.15, 0.2) is 0 Å². The molecular formula is C13H18F2N2O3. The van der Waals surface area contributed by atoms with Gasteiger partial charge in [-0.15, -0.1) is 0 Å². The molecule has 0 bridgehead atoms. The number of aryl methyl sites for hydroxylation is 1. The predicted molar refractivity (Wildman–Crippen MR) is 71.1 cm³/mol. The first-order chi connectivity index (χ1) is 9.43. The van der Waals surface area contributed by atoms with Crippen LogP contribution in [-0.2, 0) is 0 Å². The van der Waals surface area contributed by atoms with E-state index in [1.807, 2.05) is 0 Å². The molecule has 0 aliphatic rings. The number of alkyl halides is 2. The van der Waals surface area contributed by atoms with Crippen LogP contribution in [0, 0.1) is 6.92 Å². The second kappa shape index (κ2) is 7.64. The number of nitrogens with one attached hydrogen (secondary N) is 2. The number of benzene rings is 1. The number of urea groups is 1. The topological polar surface area (TPSA) is 70.6 Å². The van der Waals surface area contributed by atoms with Gasteiger partial charge in [0.25, 0.3) is 0 Å². The van der Waals surface area contributed by atoms with Crippen LogP contribution >= 0.6 is 0 Å². The van der Waals surface area contributed by atoms with E-state index in [0.29, 0.717) is 12.0 Å². The lowest BCUT2D eigenvalue weighted by molar-refractivity contribution is -0.0493. The SMILES string of the molecule is Cc1cccc(OC(F)F)c1NC(=O)N[C@H](C)CCO. The highest BCUT2D eigenvalue weighted by Crippen LogP contribution is 2.29. The summed E-state index contributed by atoms with van der Waals surface area (Å²) in [6.07, 6.45) is 0.404. The number of amides is 2. The molecule has 0 heterocycles. The van der Waals surface area contributed by atoms with Gasteiger partial charge in [-0.1, -0.05) is 12.1 Å². The predicted octanol–water partition coefficient (Wildman–Crippen LogP) is 2.49. The molecule has 0 unspecified atom stereocenters. The van der Waals surface area contributed by atoms with Crippen molar-refractivity contribution in [2.24, 2.45) is 0 Å². The highest BCUT2D eigenvalue weighted by Gasteiger charge is 2.14. The first kappa shape index (κ1) is 16.2. The Labute approximate surface area is 115 Å². The number of carbonyl (C=O) groups excluding carboxylic acids is 1. The fraction of sp³-hybridized carbons (Fsp3) is 0.462. The van der Waals surface area contributed by atoms with E-state index in [2.05, 4.69) is 15.4 Å². The number of aliphatic hydroxyl groups is 1. The molecule has 1 atom stereocenters. The van der Waals surface area contributed by atoms with Gasteiger partial charge in [-0.05, 0) is 31.9 Å². The first-order valence-electron chi connectivity index (χ1n) is 6.16. The molecule has 1 rings (SSSR count). The maximum atomic E-state index is 12.3. The zero-order valence-corrected chi connectivity index (χ0v) is 11.3. The molecule has 1 aromatic carbocycles. The molecule has 0 spiro atoms. The summed E-state index contributed by atoms with van der Waals surface area (Å²) in [5.74, 6) is -0.0926. The first-order valence-corrected chi connectivity index (χ1v) is 6.16. The molecule has 0 radical (unpaired) electrons. The lowest BCUT2D eigenvalue weighted by Gasteiger charge is -2.17. The smallest absolute Gasteiger partial charge is 0.387 e. The van der Waals surface area contributed by atoms with E-state index < -0.39 is 12.6 Å². The van der Waals surface area contributed by atoms with Crippen molar-refractivity contribution < 1.29 is 23.4 Å². The summed E-state index contributed by atoms with van der Waals surface area (Å²) in [5, 5.41) is 13.8. The minimum atomic E-state index is -2.96. The Bertz CT molecular complexity index is 455. The maximum absolute atomic E-state index is 12.3. The molecule has 3 N–H and O–H groups in total. The Morgan fingerprint density at radius 1 is 1.45 bits per heavy atom. The van der Waals surface area contributed by atoms with Crippen LogP contribution in [0.1, 0.15) is 18.9 Å². The van der Waals surface area contributed by atoms with E-state index in [4.69, 9.17) is 5.11 Å². The van der Waals surface area contributed by atoms with Gasteiger partial charge in [-0.2, -0.15) is 8.78 Å². The van der Waals surface area contributed by atoms with Crippen molar-refractivity contribution in [2.75, 3.05) is 11.9 Å². The Kier molecular flexibility index (Phi) is 6.17. The van der Waals surface area contributed by atoms with Crippen molar-refractivity contribution in [2.45, 2.75) is 32.9 Å². The van der Waals surface area contributed by atoms with E-state index in [9.17, 15) is 13.6 Å². The maximum Gasteiger partial charge on any atom is 0.387 e. The average molecular weight is 288 g/mol. The fourth-order valence-corrected chi connectivity index (χ4v) is 1.63. The lowest BCUT2D eigenvalue weighted by Crippen LogP contribution is -2.36. The van der Waals surface area contributed by atoms with Crippen molar-refractivity contribution in [1.29, 1.82) is 0 Å². The third kappa shape index (κ3) is 5.00. The second-order valence-electron chi connectivity index (χ2n) is 4.34. The van der Waals surface area contributed by atoms with Crippen molar-refractivity contribution in [3.8, 4) is 5.75 Å². The monoisotopic (exact) mass is 288 g/mol. The van der Waals surface area contributed by atoms with Gasteiger partial charge in [0, 0.05) is 12.6 Å². The molecule has 5 nitrogen and oxygen atoms in total. The highest BCUT2D eigenvalue weighted by molar-refractivity contribution is 5.92. The van der Waals surface area contributed by atoms with Crippen molar-refractivity contribution >= 4 is 11.7 Å². The molecule has 0 aromatic heterocycles. The molecular weight excluding hydrogens is 270 g/mol. The van der Waals surface area contributed by atoms with Crippen LogP contribution < -0.4 is 15.4 Å². The number of rotatable bonds is 6. The van der Waals surface area contributed by atoms with Gasteiger partial charge in [0.05, 0.1) is 5.69 Å². The van der Waals surface area contributed by atoms with Gasteiger partial charge in [-0.3, -0.25) is 0 Å². The van der Waals surface area contributed by atoms with Gasteiger partial charge in [0.1, 0.15) is 5.75 Å². The third-order valence-corrected chi connectivity index (χ3v) is 2.63. The largest absolute Gasteiger partial charge is 0.433 e. The Morgan fingerprint density at radius 2 is 2.15 bits per heavy atom. The average Bonchev–Trinajstić information content (AvgIpc) is 2.33. The Morgan fingerprint density at radius 3 is 2.75 bits per heavy atom. The summed E-state index contributed by atoms with van der Waals surface area (Å²) in [7, 11) is 0. The number of hydrogen-bond donors (Lipinski definition) is 3. The van der Waals surface area contributed by atoms with Crippen molar-refractivity contribution in [3.63, 3.8) is 0 Å². The zero-order valence-electron chi connectivity index (χ0n) is 11.3. The van der Waals surface area contributed by atoms with Crippen molar-refractivity contribution in [1.82, 2.24) is 5.32 Å². The number of hydrogen-bond acceptors (Lipinski definition) is 3. The van der Waals surface area contributed by atoms with Gasteiger partial charge >= 0.3 is 12.6 Å². The molecule has 0 saturated carbocycles. The minimum absolute atomic E-state index is 0.0500. The fourth-order valence-electron chi connectivity index (χ4n) is 1.63. The van der Waals surface area contributed by atoms with Gasteiger partial charge in [-0.25, -0.2) is 4.79 Å². The highest BCUT2D eigenvalue weighted by atomic mass is 19.3. The van der Waals surface area contributed by atoms with Crippen LogP contribution in [-0.4, -0.2) is 30.4 Å². The summed E-state index contributed by atoms with van der Waals surface area (Å²) in [6.45, 7) is 0.384. The molecule has 0 fully saturated rings. The van der Waals surface area contributed by atoms with E-state index >= 15 is 0 Å². The number of para-hydroxylation sites is 1. The lowest BCUT2D eigenvalue weighted by atomic mass is 10.2. The summed E-state index contributed by atoms with van der Waals surface area (Å²) in [6, 6.07) is 3.81. The van der Waals surface area contributed by atoms with Crippen LogP contribution in [0.5, 0.6) is 5.75 Å². The van der Waals surface area contributed by atoms with E-state index in [0.717, 1.165) is 0 Å². The minimum Gasteiger partial charge on any atom is -0.433 e. The van der Waals surface area contributed by atoms with Crippen LogP contribution in [0.15, 0.2) is 18.2 Å². The molecule has 0 aliphatic heterocycles. The number of aliphatic hydroxyl groups excluding tert-OH is 1. The van der Waals surface area contributed by atoms with E-state index in [1.54, 1.807) is 26.0 Å². The summed E-state index contributed by atoms with van der Waals surface area (Å²) >= 11 is 0. The number of ether oxygens (including phenoxy) is 1. The third-order valence-electron chi connectivity index (χ3n) is 2.63. The number of carbonyl (C=O) groups is 1. The molecule has 0 aliphatic carbocycles. The van der Waals surface area contributed by atoms with Crippen LogP contribution in [0.2, 0.25) is 0 Å². The molecule has 7 heteroatoms. The molecule has 2 amide bonds. The van der Waals surface area contributed by atoms with Gasteiger partial charge < -0.3 is 20.5 Å². The Balaban J connectivity index is 2.77. The summed E-state index contributed by atoms with van der Waals surface area (Å²) in [5.41, 5.74) is 0.801. The van der Waals surface area contributed by atoms with Crippen molar-refractivity contribution in [3.05, 3.63) is 23.8 Å². The molecule has 112 valence electrons. The normalized spacial score (nSPS) is 12.1. The summed E-state index contributed by atoms with van der Waals surface area (Å²) < 4.78 is 29.0. The molecule has 1 aromatic rings. The van der Waals surface area contributed by atoms with Crippen LogP contribution in [0.4, 0.5) is 19.3 Å². The summed E-state index contributed by atoms with van der Waals surface area (Å²) in [4.78, 5) is 11.7. The molecule has 20 heavy (non-hydrogen) atoms. The number of halogens is 2. The second-order valence-corrected chi connectivity index (χ2v) is 4.34. The van der Waals surface area contributed by atoms with E-state index in [-0.39, 0.29) is 24.1 Å².